The van der Waals surface area contributed by atoms with Crippen LogP contribution in [0.25, 0.3) is 10.9 Å². The number of benzene rings is 2. The van der Waals surface area contributed by atoms with Crippen molar-refractivity contribution >= 4 is 10.9 Å². The van der Waals surface area contributed by atoms with E-state index in [-0.39, 0.29) is 5.60 Å². The minimum atomic E-state index is -0.572. The lowest BCUT2D eigenvalue weighted by atomic mass is 9.81. The molecule has 0 aliphatic carbocycles. The molecule has 0 saturated carbocycles. The van der Waals surface area contributed by atoms with Crippen LogP contribution < -0.4 is 9.47 Å². The van der Waals surface area contributed by atoms with E-state index in [0.29, 0.717) is 13.0 Å². The van der Waals surface area contributed by atoms with Gasteiger partial charge in [0.25, 0.3) is 0 Å². The number of aliphatic hydroxyl groups is 2. The van der Waals surface area contributed by atoms with Crippen molar-refractivity contribution in [2.45, 2.75) is 44.0 Å². The van der Waals surface area contributed by atoms with Gasteiger partial charge in [0.1, 0.15) is 17.1 Å². The highest BCUT2D eigenvalue weighted by atomic mass is 16.5. The summed E-state index contributed by atoms with van der Waals surface area (Å²) in [4.78, 5) is 5.53. The van der Waals surface area contributed by atoms with Gasteiger partial charge in [-0.3, -0.25) is 0 Å². The number of piperidine rings is 1. The van der Waals surface area contributed by atoms with Crippen molar-refractivity contribution in [1.29, 1.82) is 0 Å². The van der Waals surface area contributed by atoms with E-state index in [9.17, 15) is 10.2 Å². The molecular weight excluding hydrogens is 392 g/mol. The number of likely N-dealkylation sites (tertiary alicyclic amines) is 1. The van der Waals surface area contributed by atoms with Crippen molar-refractivity contribution in [1.82, 2.24) is 9.88 Å². The van der Waals surface area contributed by atoms with Crippen molar-refractivity contribution in [3.05, 3.63) is 59.3 Å². The first-order valence-corrected chi connectivity index (χ1v) is 11.0. The van der Waals surface area contributed by atoms with Crippen LogP contribution in [0.1, 0.15) is 48.2 Å². The van der Waals surface area contributed by atoms with Gasteiger partial charge in [0, 0.05) is 60.3 Å². The smallest absolute Gasteiger partial charge is 0.125 e. The lowest BCUT2D eigenvalue weighted by Crippen LogP contribution is -2.51. The number of methoxy groups -OCH3 is 1. The molecule has 3 N–H and O–H groups in total. The van der Waals surface area contributed by atoms with E-state index in [1.54, 1.807) is 7.11 Å². The van der Waals surface area contributed by atoms with E-state index in [1.165, 1.54) is 0 Å². The van der Waals surface area contributed by atoms with E-state index < -0.39 is 12.2 Å². The number of ether oxygens (including phenoxy) is 2. The number of nitrogens with zero attached hydrogens (tertiary/aromatic N) is 1. The number of aryl methyl sites for hydroxylation is 1. The average molecular weight is 423 g/mol. The molecule has 0 radical (unpaired) electrons. The summed E-state index contributed by atoms with van der Waals surface area (Å²) in [5.41, 5.74) is 3.59. The second kappa shape index (κ2) is 7.86. The van der Waals surface area contributed by atoms with Crippen LogP contribution in [0.2, 0.25) is 0 Å². The summed E-state index contributed by atoms with van der Waals surface area (Å²) in [5.74, 6) is 1.61. The normalized spacial score (nSPS) is 21.6. The zero-order chi connectivity index (χ0) is 21.6. The van der Waals surface area contributed by atoms with Crippen LogP contribution in [0.5, 0.6) is 11.5 Å². The van der Waals surface area contributed by atoms with E-state index in [0.717, 1.165) is 65.0 Å². The molecule has 1 fully saturated rings. The maximum Gasteiger partial charge on any atom is 0.125 e. The van der Waals surface area contributed by atoms with E-state index in [1.807, 2.05) is 49.5 Å². The third-order valence-electron chi connectivity index (χ3n) is 6.89. The summed E-state index contributed by atoms with van der Waals surface area (Å²) in [6.45, 7) is 4.28. The van der Waals surface area contributed by atoms with Crippen molar-refractivity contribution in [2.24, 2.45) is 0 Å². The highest BCUT2D eigenvalue weighted by molar-refractivity contribution is 5.84. The highest BCUT2D eigenvalue weighted by Crippen LogP contribution is 2.44. The van der Waals surface area contributed by atoms with E-state index in [2.05, 4.69) is 9.88 Å². The molecule has 1 aromatic heterocycles. The fraction of sp³-hybridized carbons (Fsp3) is 0.440. The van der Waals surface area contributed by atoms with Gasteiger partial charge in [0.05, 0.1) is 19.3 Å². The number of H-pyrrole nitrogens is 1. The first-order chi connectivity index (χ1) is 15.0. The van der Waals surface area contributed by atoms with Crippen molar-refractivity contribution in [2.75, 3.05) is 26.7 Å². The minimum absolute atomic E-state index is 0.319. The molecule has 1 saturated heterocycles. The number of fused-ring (bicyclic) bond motifs is 2. The van der Waals surface area contributed by atoms with Crippen LogP contribution in [-0.2, 0) is 0 Å². The molecule has 31 heavy (non-hydrogen) atoms. The Morgan fingerprint density at radius 3 is 2.81 bits per heavy atom. The predicted molar refractivity (Wildman–Crippen MR) is 120 cm³/mol. The minimum Gasteiger partial charge on any atom is -0.497 e. The largest absolute Gasteiger partial charge is 0.497 e. The van der Waals surface area contributed by atoms with Gasteiger partial charge in [0.15, 0.2) is 0 Å². The monoisotopic (exact) mass is 422 g/mol. The molecule has 164 valence electrons. The van der Waals surface area contributed by atoms with Gasteiger partial charge >= 0.3 is 0 Å². The zero-order valence-corrected chi connectivity index (χ0v) is 18.1. The molecular formula is C25H30N2O4. The van der Waals surface area contributed by atoms with Gasteiger partial charge in [-0.15, -0.1) is 0 Å². The molecule has 2 atom stereocenters. The van der Waals surface area contributed by atoms with Crippen LogP contribution in [0.15, 0.2) is 42.6 Å². The molecule has 5 rings (SSSR count). The lowest BCUT2D eigenvalue weighted by molar-refractivity contribution is -0.0587. The fourth-order valence-corrected chi connectivity index (χ4v) is 5.08. The molecule has 0 unspecified atom stereocenters. The molecule has 3 heterocycles. The Kier molecular flexibility index (Phi) is 5.16. The Hall–Kier alpha value is -2.54. The number of aliphatic hydroxyl groups excluding tert-OH is 2. The Balaban J connectivity index is 1.25. The Labute approximate surface area is 182 Å². The summed E-state index contributed by atoms with van der Waals surface area (Å²) in [6, 6.07) is 11.9. The van der Waals surface area contributed by atoms with Crippen LogP contribution >= 0.6 is 0 Å². The average Bonchev–Trinajstić information content (AvgIpc) is 3.19. The first-order valence-electron chi connectivity index (χ1n) is 11.0. The van der Waals surface area contributed by atoms with E-state index in [4.69, 9.17) is 9.47 Å². The topological polar surface area (TPSA) is 78.0 Å². The zero-order valence-electron chi connectivity index (χ0n) is 18.1. The standard InChI is InChI=1S/C25H30N2O4/c1-16-3-6-24-19(11-16)22(28)13-25(31-24)7-9-27(10-8-25)15-23(29)20-14-26-21-12-17(30-2)4-5-18(20)21/h3-6,11-12,14,22-23,26,28-29H,7-10,13,15H2,1-2H3/t22-,23+/m0/s1. The summed E-state index contributed by atoms with van der Waals surface area (Å²) in [7, 11) is 1.65. The molecule has 2 aromatic carbocycles. The second-order valence-corrected chi connectivity index (χ2v) is 9.02. The second-order valence-electron chi connectivity index (χ2n) is 9.02. The van der Waals surface area contributed by atoms with Crippen LogP contribution in [-0.4, -0.2) is 52.4 Å². The molecule has 0 amide bonds. The molecule has 2 aliphatic heterocycles. The number of hydrogen-bond acceptors (Lipinski definition) is 5. The Morgan fingerprint density at radius 1 is 1.23 bits per heavy atom. The van der Waals surface area contributed by atoms with Gasteiger partial charge < -0.3 is 29.6 Å². The molecule has 6 heteroatoms. The maximum atomic E-state index is 10.9. The number of nitrogens with one attached hydrogen (secondary N) is 1. The molecule has 3 aromatic rings. The SMILES string of the molecule is COc1ccc2c([C@H](O)CN3CCC4(CC3)C[C@H](O)c3cc(C)ccc3O4)c[nH]c2c1. The molecule has 6 nitrogen and oxygen atoms in total. The van der Waals surface area contributed by atoms with Gasteiger partial charge in [-0.25, -0.2) is 0 Å². The molecule has 1 spiro atoms. The maximum absolute atomic E-state index is 10.9. The van der Waals surface area contributed by atoms with Gasteiger partial charge in [-0.1, -0.05) is 11.6 Å². The van der Waals surface area contributed by atoms with Crippen molar-refractivity contribution in [3.8, 4) is 11.5 Å². The third kappa shape index (κ3) is 3.80. The summed E-state index contributed by atoms with van der Waals surface area (Å²) in [6.07, 6.45) is 3.15. The van der Waals surface area contributed by atoms with Crippen LogP contribution in [0.4, 0.5) is 0 Å². The van der Waals surface area contributed by atoms with Gasteiger partial charge in [0.2, 0.25) is 0 Å². The molecule has 2 aliphatic rings. The van der Waals surface area contributed by atoms with Crippen molar-refractivity contribution in [3.63, 3.8) is 0 Å². The predicted octanol–water partition coefficient (Wildman–Crippen LogP) is 3.87. The summed E-state index contributed by atoms with van der Waals surface area (Å²) >= 11 is 0. The highest BCUT2D eigenvalue weighted by Gasteiger charge is 2.43. The number of aromatic amines is 1. The summed E-state index contributed by atoms with van der Waals surface area (Å²) < 4.78 is 11.7. The van der Waals surface area contributed by atoms with Crippen LogP contribution in [0, 0.1) is 6.92 Å². The quantitative estimate of drug-likeness (QED) is 0.595. The van der Waals surface area contributed by atoms with Crippen LogP contribution in [0.3, 0.4) is 0 Å². The number of β-amino-alcohol motifs (C(OH)–C–C–N with tert-alkyl or cyclic N) is 1. The third-order valence-corrected chi connectivity index (χ3v) is 6.89. The first kappa shape index (κ1) is 20.4. The number of rotatable bonds is 4. The Bertz CT molecular complexity index is 1080. The number of aromatic nitrogens is 1. The Morgan fingerprint density at radius 2 is 2.03 bits per heavy atom. The van der Waals surface area contributed by atoms with E-state index >= 15 is 0 Å². The van der Waals surface area contributed by atoms with Gasteiger partial charge in [-0.2, -0.15) is 0 Å². The summed E-state index contributed by atoms with van der Waals surface area (Å²) in [5, 5.41) is 22.7. The van der Waals surface area contributed by atoms with Crippen molar-refractivity contribution < 1.29 is 19.7 Å². The lowest BCUT2D eigenvalue weighted by Gasteiger charge is -2.46. The molecule has 0 bridgehead atoms. The van der Waals surface area contributed by atoms with Gasteiger partial charge in [-0.05, 0) is 44.0 Å². The fourth-order valence-electron chi connectivity index (χ4n) is 5.08. The number of hydrogen-bond donors (Lipinski definition) is 3.